The molecule has 0 fully saturated rings. The fourth-order valence-electron chi connectivity index (χ4n) is 7.45. The molecule has 6 aromatic carbocycles. The zero-order valence-corrected chi connectivity index (χ0v) is 25.9. The van der Waals surface area contributed by atoms with E-state index in [2.05, 4.69) is 102 Å². The van der Waals surface area contributed by atoms with Gasteiger partial charge >= 0.3 is 0 Å². The summed E-state index contributed by atoms with van der Waals surface area (Å²) in [6, 6.07) is 54.8. The van der Waals surface area contributed by atoms with Crippen LogP contribution in [0, 0.1) is 0 Å². The number of ether oxygens (including phenoxy) is 1. The summed E-state index contributed by atoms with van der Waals surface area (Å²) in [6.07, 6.45) is -0.459. The molecule has 48 heavy (non-hydrogen) atoms. The summed E-state index contributed by atoms with van der Waals surface area (Å²) in [5.74, 6) is 1.85. The number of fused-ring (bicyclic) bond motifs is 10. The van der Waals surface area contributed by atoms with Gasteiger partial charge in [0.1, 0.15) is 12.2 Å². The molecule has 2 bridgehead atoms. The molecular weight excluding hydrogens is 589 g/mol. The lowest BCUT2D eigenvalue weighted by atomic mass is 9.83. The number of para-hydroxylation sites is 1. The third kappa shape index (κ3) is 4.11. The average Bonchev–Trinajstić information content (AvgIpc) is 3.84. The lowest BCUT2D eigenvalue weighted by molar-refractivity contribution is 0.0837. The number of hydrogen-bond donors (Lipinski definition) is 0. The van der Waals surface area contributed by atoms with Gasteiger partial charge in [-0.25, -0.2) is 4.98 Å². The SMILES string of the molecule is c1ccc(-c2nc(-c3ccccc3)nc(-n3c4c(c5ccccc53)C3OC4c4cc(-c5ccccc5)c(-c5ccccc5)cc43)n2)cc1. The summed E-state index contributed by atoms with van der Waals surface area (Å²) < 4.78 is 9.16. The second-order valence-electron chi connectivity index (χ2n) is 12.3. The maximum absolute atomic E-state index is 6.94. The van der Waals surface area contributed by atoms with Gasteiger partial charge in [-0.1, -0.05) is 140 Å². The molecule has 0 spiro atoms. The Morgan fingerprint density at radius 2 is 0.917 bits per heavy atom. The molecule has 2 aliphatic rings. The van der Waals surface area contributed by atoms with E-state index >= 15 is 0 Å². The van der Waals surface area contributed by atoms with Crippen molar-refractivity contribution in [2.24, 2.45) is 0 Å². The molecule has 5 nitrogen and oxygen atoms in total. The summed E-state index contributed by atoms with van der Waals surface area (Å²) in [5.41, 5.74) is 12.4. The Bertz CT molecular complexity index is 2420. The van der Waals surface area contributed by atoms with Crippen LogP contribution >= 0.6 is 0 Å². The number of nitrogens with zero attached hydrogens (tertiary/aromatic N) is 4. The van der Waals surface area contributed by atoms with Crippen LogP contribution < -0.4 is 0 Å². The van der Waals surface area contributed by atoms with E-state index in [1.54, 1.807) is 0 Å². The third-order valence-electron chi connectivity index (χ3n) is 9.58. The Labute approximate surface area is 277 Å². The zero-order chi connectivity index (χ0) is 31.6. The second kappa shape index (κ2) is 10.7. The van der Waals surface area contributed by atoms with Gasteiger partial charge in [-0.3, -0.25) is 4.57 Å². The largest absolute Gasteiger partial charge is 0.354 e. The van der Waals surface area contributed by atoms with Crippen molar-refractivity contribution in [3.8, 4) is 51.0 Å². The molecule has 2 unspecified atom stereocenters. The van der Waals surface area contributed by atoms with Crippen molar-refractivity contribution in [2.75, 3.05) is 0 Å². The maximum Gasteiger partial charge on any atom is 0.238 e. The van der Waals surface area contributed by atoms with Crippen molar-refractivity contribution in [3.05, 3.63) is 180 Å². The van der Waals surface area contributed by atoms with Gasteiger partial charge in [0, 0.05) is 22.1 Å². The molecule has 0 saturated heterocycles. The molecule has 2 aromatic heterocycles. The van der Waals surface area contributed by atoms with Gasteiger partial charge in [0.2, 0.25) is 5.95 Å². The molecule has 0 aliphatic carbocycles. The Kier molecular flexibility index (Phi) is 6.01. The van der Waals surface area contributed by atoms with E-state index in [1.807, 2.05) is 60.7 Å². The van der Waals surface area contributed by atoms with Gasteiger partial charge in [0.15, 0.2) is 11.6 Å². The summed E-state index contributed by atoms with van der Waals surface area (Å²) in [5, 5.41) is 1.15. The lowest BCUT2D eigenvalue weighted by Gasteiger charge is -2.20. The first kappa shape index (κ1) is 27.0. The van der Waals surface area contributed by atoms with E-state index < -0.39 is 0 Å². The highest BCUT2D eigenvalue weighted by Gasteiger charge is 2.48. The first-order chi connectivity index (χ1) is 23.8. The van der Waals surface area contributed by atoms with Gasteiger partial charge in [-0.15, -0.1) is 0 Å². The van der Waals surface area contributed by atoms with E-state index in [0.717, 1.165) is 27.7 Å². The molecule has 226 valence electrons. The topological polar surface area (TPSA) is 52.8 Å². The number of benzene rings is 6. The number of aromatic nitrogens is 4. The van der Waals surface area contributed by atoms with Crippen molar-refractivity contribution in [1.29, 1.82) is 0 Å². The standard InChI is InChI=1S/C43H28N4O/c1-5-15-27(16-6-1)32-25-34-35(26-33(32)28-17-7-2-8-18-28)40-38-37(39(34)48-40)31-23-13-14-24-36(31)47(38)43-45-41(29-19-9-3-10-20-29)44-42(46-43)30-21-11-4-12-22-30/h1-26,39-40H. The molecule has 2 atom stereocenters. The normalized spacial score (nSPS) is 15.8. The van der Waals surface area contributed by atoms with Gasteiger partial charge < -0.3 is 4.74 Å². The average molecular weight is 617 g/mol. The molecule has 0 N–H and O–H groups in total. The minimum atomic E-state index is -0.267. The molecule has 8 aromatic rings. The van der Waals surface area contributed by atoms with E-state index in [1.165, 1.54) is 38.9 Å². The van der Waals surface area contributed by atoms with Gasteiger partial charge in [0.05, 0.1) is 11.2 Å². The fraction of sp³-hybridized carbons (Fsp3) is 0.0465. The molecule has 0 saturated carbocycles. The van der Waals surface area contributed by atoms with E-state index in [0.29, 0.717) is 17.6 Å². The molecular formula is C43H28N4O. The van der Waals surface area contributed by atoms with Gasteiger partial charge in [0.25, 0.3) is 0 Å². The molecule has 4 heterocycles. The second-order valence-corrected chi connectivity index (χ2v) is 12.3. The predicted octanol–water partition coefficient (Wildman–Crippen LogP) is 10.0. The third-order valence-corrected chi connectivity index (χ3v) is 9.58. The van der Waals surface area contributed by atoms with E-state index in [-0.39, 0.29) is 12.2 Å². The summed E-state index contributed by atoms with van der Waals surface area (Å²) in [6.45, 7) is 0. The molecule has 10 rings (SSSR count). The van der Waals surface area contributed by atoms with Crippen molar-refractivity contribution in [2.45, 2.75) is 12.2 Å². The summed E-state index contributed by atoms with van der Waals surface area (Å²) in [4.78, 5) is 15.2. The molecule has 5 heteroatoms. The van der Waals surface area contributed by atoms with Gasteiger partial charge in [-0.2, -0.15) is 9.97 Å². The quantitative estimate of drug-likeness (QED) is 0.193. The van der Waals surface area contributed by atoms with Crippen LogP contribution in [-0.2, 0) is 4.74 Å². The predicted molar refractivity (Wildman–Crippen MR) is 190 cm³/mol. The van der Waals surface area contributed by atoms with Crippen LogP contribution in [-0.4, -0.2) is 19.5 Å². The van der Waals surface area contributed by atoms with Crippen LogP contribution in [0.5, 0.6) is 0 Å². The minimum absolute atomic E-state index is 0.192. The molecule has 2 aliphatic heterocycles. The summed E-state index contributed by atoms with van der Waals surface area (Å²) in [7, 11) is 0. The van der Waals surface area contributed by atoms with Crippen molar-refractivity contribution in [1.82, 2.24) is 19.5 Å². The van der Waals surface area contributed by atoms with Crippen LogP contribution in [0.25, 0.3) is 61.9 Å². The van der Waals surface area contributed by atoms with E-state index in [4.69, 9.17) is 19.7 Å². The first-order valence-electron chi connectivity index (χ1n) is 16.3. The summed E-state index contributed by atoms with van der Waals surface area (Å²) >= 11 is 0. The zero-order valence-electron chi connectivity index (χ0n) is 25.9. The lowest BCUT2D eigenvalue weighted by Crippen LogP contribution is -2.12. The maximum atomic E-state index is 6.94. The van der Waals surface area contributed by atoms with Crippen molar-refractivity contribution < 1.29 is 4.74 Å². The van der Waals surface area contributed by atoms with Crippen LogP contribution in [0.1, 0.15) is 34.6 Å². The fourth-order valence-corrected chi connectivity index (χ4v) is 7.45. The first-order valence-corrected chi connectivity index (χ1v) is 16.3. The monoisotopic (exact) mass is 616 g/mol. The van der Waals surface area contributed by atoms with Crippen LogP contribution in [0.2, 0.25) is 0 Å². The van der Waals surface area contributed by atoms with Crippen LogP contribution in [0.3, 0.4) is 0 Å². The van der Waals surface area contributed by atoms with Crippen molar-refractivity contribution >= 4 is 10.9 Å². The minimum Gasteiger partial charge on any atom is -0.354 e. The smallest absolute Gasteiger partial charge is 0.238 e. The Morgan fingerprint density at radius 3 is 1.46 bits per heavy atom. The number of rotatable bonds is 5. The Balaban J connectivity index is 1.22. The molecule has 0 radical (unpaired) electrons. The van der Waals surface area contributed by atoms with E-state index in [9.17, 15) is 0 Å². The van der Waals surface area contributed by atoms with Gasteiger partial charge in [-0.05, 0) is 51.6 Å². The van der Waals surface area contributed by atoms with Crippen LogP contribution in [0.15, 0.2) is 158 Å². The Hall–Kier alpha value is -6.17. The molecule has 0 amide bonds. The Morgan fingerprint density at radius 1 is 0.458 bits per heavy atom. The highest BCUT2D eigenvalue weighted by molar-refractivity contribution is 5.91. The number of hydrogen-bond acceptors (Lipinski definition) is 4. The highest BCUT2D eigenvalue weighted by atomic mass is 16.5. The van der Waals surface area contributed by atoms with Crippen molar-refractivity contribution in [3.63, 3.8) is 0 Å². The van der Waals surface area contributed by atoms with Crippen LogP contribution in [0.4, 0.5) is 0 Å². The highest BCUT2D eigenvalue weighted by Crippen LogP contribution is 2.59.